The quantitative estimate of drug-likeness (QED) is 0.691. The van der Waals surface area contributed by atoms with E-state index in [0.717, 1.165) is 48.4 Å². The number of hydrogen-bond donors (Lipinski definition) is 0. The number of piperidine rings is 1. The van der Waals surface area contributed by atoms with Gasteiger partial charge in [-0.2, -0.15) is 0 Å². The standard InChI is InChI=1S/C22H25FN4O/c1-25(2)22-20-7-5-12-26(20)15-18(24-22)19-6-3-4-13-27(19)21(28)14-16-8-10-17(23)11-9-16/h5,7-12,15,19H,3-4,6,13-14H2,1-2H3/t19-/m1/s1. The van der Waals surface area contributed by atoms with Crippen LogP contribution in [-0.4, -0.2) is 40.8 Å². The molecule has 4 rings (SSSR count). The Hall–Kier alpha value is -2.89. The summed E-state index contributed by atoms with van der Waals surface area (Å²) in [5.41, 5.74) is 2.80. The van der Waals surface area contributed by atoms with Crippen molar-refractivity contribution in [2.45, 2.75) is 31.7 Å². The predicted molar refractivity (Wildman–Crippen MR) is 108 cm³/mol. The second-order valence-corrected chi connectivity index (χ2v) is 7.59. The smallest absolute Gasteiger partial charge is 0.227 e. The molecule has 1 aliphatic heterocycles. The number of carbonyl (C=O) groups is 1. The molecule has 0 aliphatic carbocycles. The van der Waals surface area contributed by atoms with E-state index in [9.17, 15) is 9.18 Å². The number of hydrogen-bond acceptors (Lipinski definition) is 3. The Balaban J connectivity index is 1.64. The summed E-state index contributed by atoms with van der Waals surface area (Å²) in [6.07, 6.45) is 7.31. The highest BCUT2D eigenvalue weighted by molar-refractivity contribution is 5.79. The topological polar surface area (TPSA) is 40.9 Å². The molecule has 1 atom stereocenters. The van der Waals surface area contributed by atoms with E-state index >= 15 is 0 Å². The normalized spacial score (nSPS) is 17.1. The Labute approximate surface area is 164 Å². The van der Waals surface area contributed by atoms with Gasteiger partial charge in [0.1, 0.15) is 5.82 Å². The molecule has 0 saturated carbocycles. The van der Waals surface area contributed by atoms with Crippen LogP contribution in [0.2, 0.25) is 0 Å². The van der Waals surface area contributed by atoms with Crippen LogP contribution in [0.15, 0.2) is 48.8 Å². The Bertz CT molecular complexity index is 980. The summed E-state index contributed by atoms with van der Waals surface area (Å²) in [5, 5.41) is 0. The van der Waals surface area contributed by atoms with Crippen LogP contribution in [0.25, 0.3) is 5.52 Å². The average Bonchev–Trinajstić information content (AvgIpc) is 3.17. The van der Waals surface area contributed by atoms with E-state index in [1.54, 1.807) is 12.1 Å². The van der Waals surface area contributed by atoms with E-state index in [1.165, 1.54) is 12.1 Å². The van der Waals surface area contributed by atoms with Gasteiger partial charge in [-0.25, -0.2) is 9.37 Å². The first-order chi connectivity index (χ1) is 13.5. The highest BCUT2D eigenvalue weighted by Gasteiger charge is 2.30. The van der Waals surface area contributed by atoms with Crippen molar-refractivity contribution in [2.75, 3.05) is 25.5 Å². The molecule has 1 saturated heterocycles. The SMILES string of the molecule is CN(C)c1nc([C@H]2CCCCN2C(=O)Cc2ccc(F)cc2)cn2cccc12. The average molecular weight is 380 g/mol. The van der Waals surface area contributed by atoms with Crippen LogP contribution in [0.1, 0.15) is 36.6 Å². The van der Waals surface area contributed by atoms with Gasteiger partial charge >= 0.3 is 0 Å². The fourth-order valence-corrected chi connectivity index (χ4v) is 3.95. The van der Waals surface area contributed by atoms with E-state index in [0.29, 0.717) is 0 Å². The minimum Gasteiger partial charge on any atom is -0.361 e. The molecule has 6 heteroatoms. The number of anilines is 1. The van der Waals surface area contributed by atoms with Crippen molar-refractivity contribution in [1.29, 1.82) is 0 Å². The second-order valence-electron chi connectivity index (χ2n) is 7.59. The number of amides is 1. The van der Waals surface area contributed by atoms with Crippen molar-refractivity contribution < 1.29 is 9.18 Å². The summed E-state index contributed by atoms with van der Waals surface area (Å²) in [4.78, 5) is 21.9. The third kappa shape index (κ3) is 3.59. The largest absolute Gasteiger partial charge is 0.361 e. The molecule has 0 bridgehead atoms. The molecule has 1 aromatic carbocycles. The molecule has 0 spiro atoms. The van der Waals surface area contributed by atoms with Crippen LogP contribution in [0, 0.1) is 5.82 Å². The fourth-order valence-electron chi connectivity index (χ4n) is 3.95. The Kier molecular flexibility index (Phi) is 5.03. The van der Waals surface area contributed by atoms with Crippen LogP contribution < -0.4 is 4.90 Å². The van der Waals surface area contributed by atoms with Crippen LogP contribution >= 0.6 is 0 Å². The van der Waals surface area contributed by atoms with Gasteiger partial charge < -0.3 is 14.2 Å². The maximum Gasteiger partial charge on any atom is 0.227 e. The number of benzene rings is 1. The molecule has 146 valence electrons. The number of nitrogens with zero attached hydrogens (tertiary/aromatic N) is 4. The highest BCUT2D eigenvalue weighted by atomic mass is 19.1. The van der Waals surface area contributed by atoms with E-state index in [1.807, 2.05) is 48.4 Å². The van der Waals surface area contributed by atoms with Gasteiger partial charge in [-0.15, -0.1) is 0 Å². The van der Waals surface area contributed by atoms with E-state index < -0.39 is 0 Å². The van der Waals surface area contributed by atoms with Gasteiger partial charge in [-0.3, -0.25) is 4.79 Å². The number of rotatable bonds is 4. The van der Waals surface area contributed by atoms with Crippen LogP contribution in [-0.2, 0) is 11.2 Å². The molecule has 0 unspecified atom stereocenters. The minimum absolute atomic E-state index is 0.0350. The summed E-state index contributed by atoms with van der Waals surface area (Å²) >= 11 is 0. The van der Waals surface area contributed by atoms with Gasteiger partial charge in [0, 0.05) is 33.0 Å². The lowest BCUT2D eigenvalue weighted by molar-refractivity contribution is -0.134. The number of carbonyl (C=O) groups excluding carboxylic acids is 1. The number of likely N-dealkylation sites (tertiary alicyclic amines) is 1. The summed E-state index contributed by atoms with van der Waals surface area (Å²) in [6, 6.07) is 10.2. The van der Waals surface area contributed by atoms with Gasteiger partial charge in [0.05, 0.1) is 23.7 Å². The van der Waals surface area contributed by atoms with E-state index in [4.69, 9.17) is 4.98 Å². The van der Waals surface area contributed by atoms with Gasteiger partial charge in [-0.1, -0.05) is 12.1 Å². The molecular weight excluding hydrogens is 355 g/mol. The lowest BCUT2D eigenvalue weighted by Crippen LogP contribution is -2.40. The van der Waals surface area contributed by atoms with Gasteiger partial charge in [0.25, 0.3) is 0 Å². The zero-order valence-electron chi connectivity index (χ0n) is 16.3. The first kappa shape index (κ1) is 18.5. The molecule has 0 radical (unpaired) electrons. The van der Waals surface area contributed by atoms with E-state index in [2.05, 4.69) is 4.40 Å². The van der Waals surface area contributed by atoms with E-state index in [-0.39, 0.29) is 24.2 Å². The van der Waals surface area contributed by atoms with Gasteiger partial charge in [-0.05, 0) is 49.1 Å². The van der Waals surface area contributed by atoms with Crippen molar-refractivity contribution in [3.05, 3.63) is 65.9 Å². The maximum atomic E-state index is 13.2. The molecule has 5 nitrogen and oxygen atoms in total. The number of aromatic nitrogens is 2. The monoisotopic (exact) mass is 380 g/mol. The molecule has 3 heterocycles. The van der Waals surface area contributed by atoms with Crippen LogP contribution in [0.4, 0.5) is 10.2 Å². The zero-order chi connectivity index (χ0) is 19.7. The predicted octanol–water partition coefficient (Wildman–Crippen LogP) is 3.84. The molecule has 2 aromatic heterocycles. The third-order valence-electron chi connectivity index (χ3n) is 5.37. The van der Waals surface area contributed by atoms with Gasteiger partial charge in [0.2, 0.25) is 5.91 Å². The Morgan fingerprint density at radius 3 is 2.75 bits per heavy atom. The zero-order valence-corrected chi connectivity index (χ0v) is 16.3. The van der Waals surface area contributed by atoms with Crippen LogP contribution in [0.5, 0.6) is 0 Å². The summed E-state index contributed by atoms with van der Waals surface area (Å²) in [7, 11) is 3.97. The lowest BCUT2D eigenvalue weighted by atomic mass is 9.98. The lowest BCUT2D eigenvalue weighted by Gasteiger charge is -2.36. The Morgan fingerprint density at radius 1 is 1.21 bits per heavy atom. The molecular formula is C22H25FN4O. The molecule has 0 N–H and O–H groups in total. The molecule has 28 heavy (non-hydrogen) atoms. The third-order valence-corrected chi connectivity index (χ3v) is 5.37. The summed E-state index contributed by atoms with van der Waals surface area (Å²) in [6.45, 7) is 0.730. The highest BCUT2D eigenvalue weighted by Crippen LogP contribution is 2.32. The molecule has 3 aromatic rings. The van der Waals surface area contributed by atoms with Crippen molar-refractivity contribution in [3.63, 3.8) is 0 Å². The van der Waals surface area contributed by atoms with Crippen molar-refractivity contribution in [1.82, 2.24) is 14.3 Å². The first-order valence-corrected chi connectivity index (χ1v) is 9.72. The first-order valence-electron chi connectivity index (χ1n) is 9.72. The summed E-state index contributed by atoms with van der Waals surface area (Å²) in [5.74, 6) is 0.684. The molecule has 1 amide bonds. The van der Waals surface area contributed by atoms with Crippen molar-refractivity contribution >= 4 is 17.2 Å². The van der Waals surface area contributed by atoms with Crippen molar-refractivity contribution in [2.24, 2.45) is 0 Å². The van der Waals surface area contributed by atoms with Crippen LogP contribution in [0.3, 0.4) is 0 Å². The van der Waals surface area contributed by atoms with Crippen molar-refractivity contribution in [3.8, 4) is 0 Å². The molecule has 1 fully saturated rings. The number of halogens is 1. The number of fused-ring (bicyclic) bond motifs is 1. The second kappa shape index (κ2) is 7.62. The summed E-state index contributed by atoms with van der Waals surface area (Å²) < 4.78 is 15.2. The maximum absolute atomic E-state index is 13.2. The minimum atomic E-state index is -0.285. The molecule has 1 aliphatic rings. The van der Waals surface area contributed by atoms with Gasteiger partial charge in [0.15, 0.2) is 5.82 Å². The fraction of sp³-hybridized carbons (Fsp3) is 0.364. The Morgan fingerprint density at radius 2 is 2.00 bits per heavy atom.